The molecule has 0 heterocycles. The third-order valence-corrected chi connectivity index (χ3v) is 3.53. The van der Waals surface area contributed by atoms with Crippen LogP contribution < -0.4 is 0 Å². The van der Waals surface area contributed by atoms with Gasteiger partial charge >= 0.3 is 0 Å². The highest BCUT2D eigenvalue weighted by Crippen LogP contribution is 2.31. The molecule has 0 aliphatic carbocycles. The highest BCUT2D eigenvalue weighted by molar-refractivity contribution is 8.13. The van der Waals surface area contributed by atoms with Crippen molar-refractivity contribution >= 4 is 45.3 Å². The van der Waals surface area contributed by atoms with Crippen molar-refractivity contribution in [3.05, 3.63) is 28.5 Å². The van der Waals surface area contributed by atoms with E-state index in [0.717, 1.165) is 17.8 Å². The van der Waals surface area contributed by atoms with Gasteiger partial charge in [0, 0.05) is 11.3 Å². The minimum Gasteiger partial charge on any atom is -0.287 e. The predicted molar refractivity (Wildman–Crippen MR) is 67.4 cm³/mol. The summed E-state index contributed by atoms with van der Waals surface area (Å²) in [6.45, 7) is 1.87. The molecule has 0 saturated heterocycles. The number of carbonyl (C=O) groups is 2. The molecule has 17 heavy (non-hydrogen) atoms. The van der Waals surface area contributed by atoms with Crippen molar-refractivity contribution in [3.8, 4) is 0 Å². The standard InChI is InChI=1S/C11H9Cl2FO2S/c1-2-3-10(15)17-9-4-6(11(13)16)8(14)5-7(9)12/h4-5H,2-3H2,1H3. The maximum Gasteiger partial charge on any atom is 0.255 e. The molecule has 0 radical (unpaired) electrons. The van der Waals surface area contributed by atoms with Crippen LogP contribution in [-0.2, 0) is 4.79 Å². The normalized spacial score (nSPS) is 10.4. The van der Waals surface area contributed by atoms with Gasteiger partial charge < -0.3 is 0 Å². The minimum absolute atomic E-state index is 0.0889. The predicted octanol–water partition coefficient (Wildman–Crippen LogP) is 4.28. The van der Waals surface area contributed by atoms with Crippen LogP contribution in [0.4, 0.5) is 4.39 Å². The number of carbonyl (C=O) groups excluding carboxylic acids is 2. The molecule has 0 unspecified atom stereocenters. The van der Waals surface area contributed by atoms with Gasteiger partial charge in [0.1, 0.15) is 5.82 Å². The molecule has 1 rings (SSSR count). The molecule has 0 N–H and O–H groups in total. The molecule has 0 aromatic heterocycles. The van der Waals surface area contributed by atoms with Gasteiger partial charge in [0.25, 0.3) is 5.24 Å². The molecule has 1 aromatic rings. The molecule has 0 aliphatic heterocycles. The van der Waals surface area contributed by atoms with E-state index in [2.05, 4.69) is 0 Å². The van der Waals surface area contributed by atoms with Gasteiger partial charge in [-0.2, -0.15) is 0 Å². The molecule has 6 heteroatoms. The van der Waals surface area contributed by atoms with E-state index in [-0.39, 0.29) is 15.7 Å². The van der Waals surface area contributed by atoms with Crippen LogP contribution in [0.25, 0.3) is 0 Å². The van der Waals surface area contributed by atoms with E-state index in [9.17, 15) is 14.0 Å². The van der Waals surface area contributed by atoms with Gasteiger partial charge in [-0.25, -0.2) is 4.39 Å². The molecular formula is C11H9Cl2FO2S. The number of thioether (sulfide) groups is 1. The quantitative estimate of drug-likeness (QED) is 0.614. The highest BCUT2D eigenvalue weighted by atomic mass is 35.5. The third kappa shape index (κ3) is 3.98. The van der Waals surface area contributed by atoms with Crippen LogP contribution in [0.1, 0.15) is 30.1 Å². The maximum absolute atomic E-state index is 13.3. The Hall–Kier alpha value is -0.580. The van der Waals surface area contributed by atoms with Gasteiger partial charge in [0.15, 0.2) is 5.12 Å². The molecule has 0 spiro atoms. The van der Waals surface area contributed by atoms with Gasteiger partial charge in [-0.1, -0.05) is 30.3 Å². The van der Waals surface area contributed by atoms with Crippen molar-refractivity contribution < 1.29 is 14.0 Å². The van der Waals surface area contributed by atoms with Gasteiger partial charge in [-0.05, 0) is 30.2 Å². The SMILES string of the molecule is CCCC(=O)Sc1cc(C(=O)Cl)c(F)cc1Cl. The number of halogens is 3. The van der Waals surface area contributed by atoms with Crippen molar-refractivity contribution in [1.29, 1.82) is 0 Å². The van der Waals surface area contributed by atoms with Crippen molar-refractivity contribution in [1.82, 2.24) is 0 Å². The van der Waals surface area contributed by atoms with E-state index in [4.69, 9.17) is 23.2 Å². The molecule has 0 bridgehead atoms. The first-order valence-electron chi connectivity index (χ1n) is 4.85. The summed E-state index contributed by atoms with van der Waals surface area (Å²) >= 11 is 11.9. The lowest BCUT2D eigenvalue weighted by atomic mass is 10.2. The van der Waals surface area contributed by atoms with Gasteiger partial charge in [-0.3, -0.25) is 9.59 Å². The average molecular weight is 295 g/mol. The van der Waals surface area contributed by atoms with E-state index in [1.165, 1.54) is 6.07 Å². The van der Waals surface area contributed by atoms with Crippen LogP contribution in [0.15, 0.2) is 17.0 Å². The lowest BCUT2D eigenvalue weighted by Crippen LogP contribution is -1.97. The van der Waals surface area contributed by atoms with Crippen LogP contribution >= 0.6 is 35.0 Å². The zero-order valence-electron chi connectivity index (χ0n) is 8.93. The Balaban J connectivity index is 3.03. The minimum atomic E-state index is -0.913. The fourth-order valence-corrected chi connectivity index (χ4v) is 2.43. The number of benzene rings is 1. The van der Waals surface area contributed by atoms with Crippen molar-refractivity contribution in [2.75, 3.05) is 0 Å². The van der Waals surface area contributed by atoms with Crippen LogP contribution in [0.3, 0.4) is 0 Å². The number of rotatable bonds is 4. The molecule has 92 valence electrons. The maximum atomic E-state index is 13.3. The Morgan fingerprint density at radius 3 is 2.59 bits per heavy atom. The summed E-state index contributed by atoms with van der Waals surface area (Å²) in [6, 6.07) is 2.18. The second-order valence-electron chi connectivity index (χ2n) is 3.26. The molecule has 0 fully saturated rings. The Kier molecular flexibility index (Phi) is 5.43. The topological polar surface area (TPSA) is 34.1 Å². The molecule has 0 atom stereocenters. The zero-order chi connectivity index (χ0) is 13.0. The van der Waals surface area contributed by atoms with Crippen LogP contribution in [-0.4, -0.2) is 10.4 Å². The van der Waals surface area contributed by atoms with E-state index in [0.29, 0.717) is 17.7 Å². The summed E-state index contributed by atoms with van der Waals surface area (Å²) in [5, 5.41) is -0.906. The summed E-state index contributed by atoms with van der Waals surface area (Å²) in [5.74, 6) is -0.790. The third-order valence-electron chi connectivity index (χ3n) is 1.91. The Bertz CT molecular complexity index is 463. The average Bonchev–Trinajstić information content (AvgIpc) is 2.21. The van der Waals surface area contributed by atoms with Gasteiger partial charge in [-0.15, -0.1) is 0 Å². The number of hydrogen-bond acceptors (Lipinski definition) is 3. The van der Waals surface area contributed by atoms with Crippen molar-refractivity contribution in [2.45, 2.75) is 24.7 Å². The zero-order valence-corrected chi connectivity index (χ0v) is 11.3. The van der Waals surface area contributed by atoms with Gasteiger partial charge in [0.05, 0.1) is 10.6 Å². The monoisotopic (exact) mass is 294 g/mol. The summed E-state index contributed by atoms with van der Waals surface area (Å²) in [4.78, 5) is 22.7. The fourth-order valence-electron chi connectivity index (χ4n) is 1.14. The molecule has 0 amide bonds. The van der Waals surface area contributed by atoms with Crippen LogP contribution in [0, 0.1) is 5.82 Å². The van der Waals surface area contributed by atoms with Crippen LogP contribution in [0.5, 0.6) is 0 Å². The van der Waals surface area contributed by atoms with Gasteiger partial charge in [0.2, 0.25) is 0 Å². The summed E-state index contributed by atoms with van der Waals surface area (Å²) in [7, 11) is 0. The molecular weight excluding hydrogens is 286 g/mol. The first kappa shape index (κ1) is 14.5. The molecule has 1 aromatic carbocycles. The Morgan fingerprint density at radius 2 is 2.06 bits per heavy atom. The lowest BCUT2D eigenvalue weighted by Gasteiger charge is -2.05. The largest absolute Gasteiger partial charge is 0.287 e. The van der Waals surface area contributed by atoms with Crippen molar-refractivity contribution in [3.63, 3.8) is 0 Å². The summed E-state index contributed by atoms with van der Waals surface area (Å²) in [5.41, 5.74) is -0.275. The smallest absolute Gasteiger partial charge is 0.255 e. The number of hydrogen-bond donors (Lipinski definition) is 0. The highest BCUT2D eigenvalue weighted by Gasteiger charge is 2.15. The summed E-state index contributed by atoms with van der Waals surface area (Å²) < 4.78 is 13.3. The van der Waals surface area contributed by atoms with Crippen molar-refractivity contribution in [2.24, 2.45) is 0 Å². The lowest BCUT2D eigenvalue weighted by molar-refractivity contribution is -0.111. The molecule has 0 saturated carbocycles. The van der Waals surface area contributed by atoms with E-state index < -0.39 is 11.1 Å². The summed E-state index contributed by atoms with van der Waals surface area (Å²) in [6.07, 6.45) is 1.11. The van der Waals surface area contributed by atoms with E-state index in [1.807, 2.05) is 6.92 Å². The van der Waals surface area contributed by atoms with Crippen LogP contribution in [0.2, 0.25) is 5.02 Å². The Morgan fingerprint density at radius 1 is 1.41 bits per heavy atom. The molecule has 2 nitrogen and oxygen atoms in total. The van der Waals surface area contributed by atoms with E-state index >= 15 is 0 Å². The second kappa shape index (κ2) is 6.38. The first-order valence-corrected chi connectivity index (χ1v) is 6.42. The first-order chi connectivity index (χ1) is 7.95. The molecule has 0 aliphatic rings. The van der Waals surface area contributed by atoms with E-state index in [1.54, 1.807) is 0 Å². The second-order valence-corrected chi connectivity index (χ2v) is 5.11. The Labute approximate surface area is 112 Å². The fraction of sp³-hybridized carbons (Fsp3) is 0.273.